The summed E-state index contributed by atoms with van der Waals surface area (Å²) in [6.07, 6.45) is 6.38. The predicted molar refractivity (Wildman–Crippen MR) is 192 cm³/mol. The number of aliphatic hydroxyl groups is 1. The van der Waals surface area contributed by atoms with Gasteiger partial charge >= 0.3 is 0 Å². The van der Waals surface area contributed by atoms with Crippen LogP contribution in [-0.4, -0.2) is 37.6 Å². The van der Waals surface area contributed by atoms with Crippen LogP contribution in [0.1, 0.15) is 98.1 Å². The lowest BCUT2D eigenvalue weighted by atomic mass is 9.81. The first-order valence-corrected chi connectivity index (χ1v) is 17.4. The van der Waals surface area contributed by atoms with E-state index in [1.807, 2.05) is 6.26 Å². The summed E-state index contributed by atoms with van der Waals surface area (Å²) in [5.41, 5.74) is 7.25. The maximum absolute atomic E-state index is 11.0. The number of allylic oxidation sites excluding steroid dienone is 1. The minimum Gasteiger partial charge on any atom is -0.502 e. The van der Waals surface area contributed by atoms with Crippen molar-refractivity contribution < 1.29 is 19.3 Å². The fourth-order valence-corrected chi connectivity index (χ4v) is 6.22. The fourth-order valence-electron chi connectivity index (χ4n) is 6.22. The van der Waals surface area contributed by atoms with Gasteiger partial charge in [0, 0.05) is 35.5 Å². The Labute approximate surface area is 282 Å². The minimum atomic E-state index is -0.739. The highest BCUT2D eigenvalue weighted by molar-refractivity contribution is 5.54. The molecule has 4 nitrogen and oxygen atoms in total. The highest BCUT2D eigenvalue weighted by Gasteiger charge is 2.29. The highest BCUT2D eigenvalue weighted by atomic mass is 16.5. The third-order valence-electron chi connectivity index (χ3n) is 9.63. The summed E-state index contributed by atoms with van der Waals surface area (Å²) in [6, 6.07) is 36.5. The quantitative estimate of drug-likeness (QED) is 0.0876. The monoisotopic (exact) mass is 632 g/mol. The van der Waals surface area contributed by atoms with Crippen LogP contribution in [0.25, 0.3) is 0 Å². The lowest BCUT2D eigenvalue weighted by Crippen LogP contribution is -2.25. The van der Waals surface area contributed by atoms with Crippen LogP contribution in [0.4, 0.5) is 0 Å². The molecule has 0 bridgehead atoms. The predicted octanol–water partition coefficient (Wildman–Crippen LogP) is 9.86. The first-order chi connectivity index (χ1) is 22.9. The summed E-state index contributed by atoms with van der Waals surface area (Å²) in [7, 11) is 0. The number of hydrogen-bond donors (Lipinski definition) is 1. The Hall–Kier alpha value is -3.86. The van der Waals surface area contributed by atoms with Crippen molar-refractivity contribution in [1.82, 2.24) is 0 Å². The molecule has 4 aromatic carbocycles. The molecule has 0 saturated heterocycles. The molecule has 248 valence electrons. The van der Waals surface area contributed by atoms with Gasteiger partial charge in [0.25, 0.3) is 0 Å². The summed E-state index contributed by atoms with van der Waals surface area (Å²) < 4.78 is 18.1. The Morgan fingerprint density at radius 3 is 1.68 bits per heavy atom. The Morgan fingerprint density at radius 2 is 1.17 bits per heavy atom. The molecule has 5 rings (SSSR count). The third kappa shape index (κ3) is 9.82. The van der Waals surface area contributed by atoms with Crippen LogP contribution >= 0.6 is 0 Å². The van der Waals surface area contributed by atoms with Gasteiger partial charge in [-0.1, -0.05) is 131 Å². The minimum absolute atomic E-state index is 0.0916. The molecule has 1 N–H and O–H groups in total. The largest absolute Gasteiger partial charge is 0.502 e. The van der Waals surface area contributed by atoms with Gasteiger partial charge in [0.05, 0.1) is 19.5 Å². The van der Waals surface area contributed by atoms with Crippen LogP contribution in [-0.2, 0) is 9.47 Å². The zero-order valence-corrected chi connectivity index (χ0v) is 28.6. The molecule has 1 fully saturated rings. The average molecular weight is 633 g/mol. The van der Waals surface area contributed by atoms with Crippen LogP contribution < -0.4 is 4.74 Å². The number of hydrogen-bond acceptors (Lipinski definition) is 4. The van der Waals surface area contributed by atoms with E-state index in [1.165, 1.54) is 28.7 Å². The van der Waals surface area contributed by atoms with E-state index < -0.39 is 6.10 Å². The van der Waals surface area contributed by atoms with Crippen molar-refractivity contribution in [3.63, 3.8) is 0 Å². The van der Waals surface area contributed by atoms with Crippen molar-refractivity contribution in [2.45, 2.75) is 70.8 Å². The second-order valence-electron chi connectivity index (χ2n) is 13.2. The third-order valence-corrected chi connectivity index (χ3v) is 9.63. The van der Waals surface area contributed by atoms with Gasteiger partial charge in [0.15, 0.2) is 0 Å². The molecule has 0 heterocycles. The summed E-state index contributed by atoms with van der Waals surface area (Å²) in [6.45, 7) is 10.7. The molecule has 1 saturated carbocycles. The molecule has 47 heavy (non-hydrogen) atoms. The molecule has 6 atom stereocenters. The van der Waals surface area contributed by atoms with E-state index in [-0.39, 0.29) is 31.0 Å². The van der Waals surface area contributed by atoms with Gasteiger partial charge in [-0.05, 0) is 59.4 Å². The van der Waals surface area contributed by atoms with Crippen LogP contribution in [0.2, 0.25) is 0 Å². The van der Waals surface area contributed by atoms with E-state index in [0.29, 0.717) is 19.1 Å². The molecule has 0 aliphatic heterocycles. The van der Waals surface area contributed by atoms with Crippen LogP contribution in [0.3, 0.4) is 0 Å². The zero-order chi connectivity index (χ0) is 33.0. The van der Waals surface area contributed by atoms with Gasteiger partial charge in [0.1, 0.15) is 18.5 Å². The van der Waals surface area contributed by atoms with Gasteiger partial charge < -0.3 is 19.3 Å². The van der Waals surface area contributed by atoms with Crippen molar-refractivity contribution >= 4 is 0 Å². The van der Waals surface area contributed by atoms with Gasteiger partial charge in [0.2, 0.25) is 0 Å². The van der Waals surface area contributed by atoms with Crippen LogP contribution in [0, 0.1) is 11.8 Å². The van der Waals surface area contributed by atoms with Crippen molar-refractivity contribution in [2.75, 3.05) is 26.4 Å². The molecule has 0 spiro atoms. The van der Waals surface area contributed by atoms with E-state index >= 15 is 0 Å². The molecule has 5 unspecified atom stereocenters. The van der Waals surface area contributed by atoms with Crippen molar-refractivity contribution in [3.05, 3.63) is 149 Å². The molecular weight excluding hydrogens is 580 g/mol. The van der Waals surface area contributed by atoms with Crippen molar-refractivity contribution in [2.24, 2.45) is 11.8 Å². The number of benzene rings is 4. The van der Waals surface area contributed by atoms with Gasteiger partial charge in [-0.25, -0.2) is 0 Å². The van der Waals surface area contributed by atoms with E-state index in [9.17, 15) is 5.11 Å². The Kier molecular flexibility index (Phi) is 12.7. The molecule has 4 heteroatoms. The molecule has 0 aromatic heterocycles. The Morgan fingerprint density at radius 1 is 0.681 bits per heavy atom. The van der Waals surface area contributed by atoms with Crippen LogP contribution in [0.5, 0.6) is 5.75 Å². The Balaban J connectivity index is 1.32. The highest BCUT2D eigenvalue weighted by Crippen LogP contribution is 2.43. The van der Waals surface area contributed by atoms with E-state index in [2.05, 4.69) is 137 Å². The normalized spacial score (nSPS) is 18.4. The number of ether oxygens (including phenoxy) is 3. The molecule has 1 aliphatic carbocycles. The molecule has 4 aromatic rings. The van der Waals surface area contributed by atoms with E-state index in [4.69, 9.17) is 14.2 Å². The second kappa shape index (κ2) is 17.3. The van der Waals surface area contributed by atoms with Gasteiger partial charge in [-0.2, -0.15) is 0 Å². The zero-order valence-electron chi connectivity index (χ0n) is 28.6. The molecule has 0 radical (unpaired) electrons. The van der Waals surface area contributed by atoms with Crippen molar-refractivity contribution in [3.8, 4) is 5.75 Å². The Bertz CT molecular complexity index is 1450. The van der Waals surface area contributed by atoms with Gasteiger partial charge in [-0.3, -0.25) is 0 Å². The SMILES string of the molecule is CC(c1ccccc1)c1cc(C(C)c2ccccc2)c(OCC(O)COCCCCO/C=C/[C@H]2CC2C)c(C(C)c2ccccc2)c1. The maximum atomic E-state index is 11.0. The first kappa shape index (κ1) is 34.5. The summed E-state index contributed by atoms with van der Waals surface area (Å²) in [5, 5.41) is 11.0. The first-order valence-electron chi connectivity index (χ1n) is 17.4. The van der Waals surface area contributed by atoms with Gasteiger partial charge in [-0.15, -0.1) is 0 Å². The van der Waals surface area contributed by atoms with E-state index in [0.717, 1.165) is 35.6 Å². The maximum Gasteiger partial charge on any atom is 0.127 e. The van der Waals surface area contributed by atoms with Crippen molar-refractivity contribution in [1.29, 1.82) is 0 Å². The fraction of sp³-hybridized carbons (Fsp3) is 0.395. The summed E-state index contributed by atoms with van der Waals surface area (Å²) in [4.78, 5) is 0. The van der Waals surface area contributed by atoms with E-state index in [1.54, 1.807) is 0 Å². The lowest BCUT2D eigenvalue weighted by Gasteiger charge is -2.27. The summed E-state index contributed by atoms with van der Waals surface area (Å²) >= 11 is 0. The number of aliphatic hydroxyl groups excluding tert-OH is 1. The lowest BCUT2D eigenvalue weighted by molar-refractivity contribution is 0.00979. The smallest absolute Gasteiger partial charge is 0.127 e. The molecule has 0 amide bonds. The molecule has 1 aliphatic rings. The number of rotatable bonds is 18. The topological polar surface area (TPSA) is 47.9 Å². The summed E-state index contributed by atoms with van der Waals surface area (Å²) in [5.74, 6) is 2.75. The van der Waals surface area contributed by atoms with Crippen LogP contribution in [0.15, 0.2) is 115 Å². The second-order valence-corrected chi connectivity index (χ2v) is 13.2. The molecular formula is C43H52O4. The standard InChI is InChI=1S/C43H52O4/c1-31-26-38(31)22-25-45-23-14-15-24-46-29-40(44)30-47-43-41(33(3)36-18-10-6-11-19-36)27-39(32(2)35-16-8-5-9-17-35)28-42(43)34(4)37-20-12-7-13-21-37/h5-13,16-22,25,27-28,31-34,38,40,44H,14-15,23-24,26,29-30H2,1-4H3/b25-22+/t31?,32?,33?,34?,38-,40?/m0/s1. The number of unbranched alkanes of at least 4 members (excludes halogenated alkanes) is 1. The average Bonchev–Trinajstić information content (AvgIpc) is 3.83.